The van der Waals surface area contributed by atoms with E-state index in [1.54, 1.807) is 23.4 Å². The van der Waals surface area contributed by atoms with Gasteiger partial charge in [0.05, 0.1) is 40.9 Å². The van der Waals surface area contributed by atoms with Crippen molar-refractivity contribution in [2.24, 2.45) is 16.5 Å². The van der Waals surface area contributed by atoms with Crippen LogP contribution in [0.3, 0.4) is 0 Å². The third-order valence-corrected chi connectivity index (χ3v) is 6.05. The first-order chi connectivity index (χ1) is 15.7. The van der Waals surface area contributed by atoms with Crippen LogP contribution in [0.5, 0.6) is 5.75 Å². The van der Waals surface area contributed by atoms with Crippen LogP contribution in [0.4, 0.5) is 4.79 Å². The Morgan fingerprint density at radius 3 is 2.73 bits per heavy atom. The lowest BCUT2D eigenvalue weighted by Gasteiger charge is -2.16. The van der Waals surface area contributed by atoms with Gasteiger partial charge in [-0.1, -0.05) is 29.8 Å². The van der Waals surface area contributed by atoms with Crippen LogP contribution in [-0.4, -0.2) is 45.7 Å². The summed E-state index contributed by atoms with van der Waals surface area (Å²) in [6.07, 6.45) is 3.58. The number of nitrogens with two attached hydrogens (primary N) is 2. The van der Waals surface area contributed by atoms with E-state index in [1.807, 2.05) is 6.92 Å². The van der Waals surface area contributed by atoms with Crippen molar-refractivity contribution in [2.45, 2.75) is 32.4 Å². The molecule has 0 atom stereocenters. The standard InChI is InChI=1S/C22H25Cl2N7O2/c1-11-19(28-10-27-11)9-33-20-5-14(16(23)6-17(20)24)21(26)15-7-31(8-18(15)29-12(2)25)22(32)30-13-3-4-13/h5-6,10,13H,2-4,7-9,25-26H2,1H3,(H,27,28)(H,30,32)/b21-15-,29-18?. The Morgan fingerprint density at radius 2 is 2.09 bits per heavy atom. The van der Waals surface area contributed by atoms with Gasteiger partial charge in [0, 0.05) is 28.6 Å². The van der Waals surface area contributed by atoms with Crippen LogP contribution >= 0.6 is 23.2 Å². The zero-order chi connectivity index (χ0) is 23.7. The second kappa shape index (κ2) is 9.36. The van der Waals surface area contributed by atoms with Crippen LogP contribution in [0.25, 0.3) is 5.70 Å². The van der Waals surface area contributed by atoms with Crippen LogP contribution in [0, 0.1) is 6.92 Å². The Kier molecular flexibility index (Phi) is 6.53. The second-order valence-corrected chi connectivity index (χ2v) is 8.86. The molecule has 0 spiro atoms. The van der Waals surface area contributed by atoms with Gasteiger partial charge in [-0.15, -0.1) is 0 Å². The number of amides is 2. The summed E-state index contributed by atoms with van der Waals surface area (Å²) in [5.41, 5.74) is 16.0. The Hall–Kier alpha value is -3.17. The van der Waals surface area contributed by atoms with Crippen molar-refractivity contribution in [1.29, 1.82) is 0 Å². The van der Waals surface area contributed by atoms with Crippen LogP contribution in [0.2, 0.25) is 10.0 Å². The maximum atomic E-state index is 12.6. The number of halogens is 2. The average molecular weight is 490 g/mol. The van der Waals surface area contributed by atoms with Gasteiger partial charge in [0.25, 0.3) is 0 Å². The molecule has 2 heterocycles. The first-order valence-corrected chi connectivity index (χ1v) is 11.2. The van der Waals surface area contributed by atoms with E-state index in [0.717, 1.165) is 24.2 Å². The molecule has 2 aliphatic rings. The molecule has 1 aliphatic heterocycles. The molecule has 2 amide bonds. The molecule has 6 N–H and O–H groups in total. The van der Waals surface area contributed by atoms with Gasteiger partial charge >= 0.3 is 6.03 Å². The lowest BCUT2D eigenvalue weighted by Crippen LogP contribution is -2.39. The van der Waals surface area contributed by atoms with Gasteiger partial charge in [0.15, 0.2) is 0 Å². The number of nitrogens with zero attached hydrogens (tertiary/aromatic N) is 3. The molecule has 0 unspecified atom stereocenters. The van der Waals surface area contributed by atoms with Gasteiger partial charge in [-0.05, 0) is 31.9 Å². The molecule has 174 valence electrons. The molecule has 1 aliphatic carbocycles. The number of likely N-dealkylation sites (tertiary alicyclic amines) is 1. The molecule has 4 rings (SSSR count). The minimum absolute atomic E-state index is 0.125. The zero-order valence-electron chi connectivity index (χ0n) is 18.1. The Bertz CT molecular complexity index is 1170. The summed E-state index contributed by atoms with van der Waals surface area (Å²) >= 11 is 12.8. The lowest BCUT2D eigenvalue weighted by molar-refractivity contribution is 0.211. The summed E-state index contributed by atoms with van der Waals surface area (Å²) in [4.78, 5) is 25.8. The fraction of sp³-hybridized carbons (Fsp3) is 0.318. The quantitative estimate of drug-likeness (QED) is 0.493. The Balaban J connectivity index is 1.65. The summed E-state index contributed by atoms with van der Waals surface area (Å²) in [5.74, 6) is 0.533. The summed E-state index contributed by atoms with van der Waals surface area (Å²) < 4.78 is 5.88. The molecule has 0 bridgehead atoms. The molecule has 2 fully saturated rings. The fourth-order valence-electron chi connectivity index (χ4n) is 3.46. The Morgan fingerprint density at radius 1 is 1.33 bits per heavy atom. The van der Waals surface area contributed by atoms with E-state index in [9.17, 15) is 4.79 Å². The highest BCUT2D eigenvalue weighted by molar-refractivity contribution is 6.36. The predicted molar refractivity (Wildman–Crippen MR) is 129 cm³/mol. The summed E-state index contributed by atoms with van der Waals surface area (Å²) in [5, 5.41) is 3.67. The first-order valence-electron chi connectivity index (χ1n) is 10.4. The fourth-order valence-corrected chi connectivity index (χ4v) is 4.00. The minimum atomic E-state index is -0.170. The molecule has 1 saturated heterocycles. The van der Waals surface area contributed by atoms with Crippen molar-refractivity contribution < 1.29 is 9.53 Å². The van der Waals surface area contributed by atoms with Gasteiger partial charge in [0.2, 0.25) is 0 Å². The summed E-state index contributed by atoms with van der Waals surface area (Å²) in [7, 11) is 0. The van der Waals surface area contributed by atoms with Crippen LogP contribution in [0.1, 0.15) is 29.8 Å². The number of carbonyl (C=O) groups is 1. The molecule has 0 radical (unpaired) electrons. The van der Waals surface area contributed by atoms with Crippen molar-refractivity contribution in [3.8, 4) is 5.75 Å². The highest BCUT2D eigenvalue weighted by Crippen LogP contribution is 2.35. The van der Waals surface area contributed by atoms with Crippen molar-refractivity contribution in [1.82, 2.24) is 20.2 Å². The smallest absolute Gasteiger partial charge is 0.318 e. The number of benzene rings is 1. The number of imidazole rings is 1. The van der Waals surface area contributed by atoms with Crippen LogP contribution in [0.15, 0.2) is 41.4 Å². The topological polar surface area (TPSA) is 135 Å². The van der Waals surface area contributed by atoms with Gasteiger partial charge in [-0.2, -0.15) is 0 Å². The molecular weight excluding hydrogens is 465 g/mol. The van der Waals surface area contributed by atoms with Gasteiger partial charge in [-0.3, -0.25) is 0 Å². The molecule has 2 aromatic rings. The number of urea groups is 1. The minimum Gasteiger partial charge on any atom is -0.486 e. The van der Waals surface area contributed by atoms with E-state index < -0.39 is 0 Å². The Labute approximate surface area is 201 Å². The van der Waals surface area contributed by atoms with E-state index in [-0.39, 0.29) is 37.6 Å². The third kappa shape index (κ3) is 5.26. The van der Waals surface area contributed by atoms with Crippen LogP contribution < -0.4 is 21.5 Å². The third-order valence-electron chi connectivity index (χ3n) is 5.44. The molecule has 1 aromatic heterocycles. The number of rotatable bonds is 6. The largest absolute Gasteiger partial charge is 0.486 e. The number of ether oxygens (including phenoxy) is 1. The first kappa shape index (κ1) is 23.0. The number of carbonyl (C=O) groups excluding carboxylic acids is 1. The summed E-state index contributed by atoms with van der Waals surface area (Å²) in [6.45, 7) is 6.30. The highest BCUT2D eigenvalue weighted by atomic mass is 35.5. The molecule has 1 saturated carbocycles. The molecule has 33 heavy (non-hydrogen) atoms. The van der Waals surface area contributed by atoms with Crippen molar-refractivity contribution in [3.63, 3.8) is 0 Å². The predicted octanol–water partition coefficient (Wildman–Crippen LogP) is 3.33. The number of H-pyrrole nitrogens is 1. The number of aryl methyl sites for hydroxylation is 1. The number of hydrogen-bond donors (Lipinski definition) is 4. The van der Waals surface area contributed by atoms with E-state index in [0.29, 0.717) is 38.3 Å². The molecular formula is C22H25Cl2N7O2. The molecule has 1 aromatic carbocycles. The number of aliphatic imine (C=N–C) groups is 1. The van der Waals surface area contributed by atoms with Gasteiger partial charge in [-0.25, -0.2) is 14.8 Å². The van der Waals surface area contributed by atoms with E-state index in [1.165, 1.54) is 0 Å². The lowest BCUT2D eigenvalue weighted by atomic mass is 10.0. The maximum Gasteiger partial charge on any atom is 0.318 e. The molecule has 11 heteroatoms. The highest BCUT2D eigenvalue weighted by Gasteiger charge is 2.33. The van der Waals surface area contributed by atoms with Crippen molar-refractivity contribution >= 4 is 40.6 Å². The number of aromatic nitrogens is 2. The zero-order valence-corrected chi connectivity index (χ0v) is 19.6. The number of nitrogens with one attached hydrogen (secondary N) is 2. The second-order valence-electron chi connectivity index (χ2n) is 8.05. The normalized spacial score (nSPS) is 18.5. The van der Waals surface area contributed by atoms with Gasteiger partial charge in [0.1, 0.15) is 18.2 Å². The van der Waals surface area contributed by atoms with E-state index in [4.69, 9.17) is 39.4 Å². The molecule has 9 nitrogen and oxygen atoms in total. The number of aromatic amines is 1. The van der Waals surface area contributed by atoms with Crippen molar-refractivity contribution in [2.75, 3.05) is 13.1 Å². The maximum absolute atomic E-state index is 12.6. The average Bonchev–Trinajstić information content (AvgIpc) is 3.31. The van der Waals surface area contributed by atoms with Gasteiger partial charge < -0.3 is 31.4 Å². The van der Waals surface area contributed by atoms with E-state index in [2.05, 4.69) is 26.9 Å². The SMILES string of the molecule is C=C(N)N=C1CN(C(=O)NC2CC2)C/C1=C(/N)c1cc(OCc2nc[nH]c2C)c(Cl)cc1Cl. The van der Waals surface area contributed by atoms with Crippen LogP contribution in [-0.2, 0) is 6.61 Å². The number of hydrogen-bond acceptors (Lipinski definition) is 6. The van der Waals surface area contributed by atoms with E-state index >= 15 is 0 Å². The summed E-state index contributed by atoms with van der Waals surface area (Å²) in [6, 6.07) is 3.31. The van der Waals surface area contributed by atoms with Crippen molar-refractivity contribution in [3.05, 3.63) is 63.4 Å². The monoisotopic (exact) mass is 489 g/mol.